The van der Waals surface area contributed by atoms with Gasteiger partial charge in [0, 0.05) is 5.56 Å². The largest absolute Gasteiger partial charge is 0.497 e. The van der Waals surface area contributed by atoms with Gasteiger partial charge in [0.25, 0.3) is 0 Å². The molecule has 0 bridgehead atoms. The van der Waals surface area contributed by atoms with E-state index >= 15 is 0 Å². The van der Waals surface area contributed by atoms with Crippen molar-refractivity contribution in [3.63, 3.8) is 0 Å². The van der Waals surface area contributed by atoms with Gasteiger partial charge >= 0.3 is 12.1 Å². The average molecular weight is 477 g/mol. The van der Waals surface area contributed by atoms with Gasteiger partial charge in [-0.05, 0) is 67.1 Å². The van der Waals surface area contributed by atoms with Gasteiger partial charge in [0.1, 0.15) is 17.8 Å². The fourth-order valence-corrected chi connectivity index (χ4v) is 2.48. The SMILES string of the molecule is COc1ccc(C(=O)O)cc1.COc1ccc(CCN)cc1.O=Cc1cccc(C(F)(F)F)c1. The number of hydrogen-bond donors (Lipinski definition) is 2. The van der Waals surface area contributed by atoms with Crippen LogP contribution in [0.25, 0.3) is 0 Å². The maximum absolute atomic E-state index is 12.0. The molecule has 0 amide bonds. The molecule has 3 aromatic rings. The normalized spacial score (nSPS) is 10.1. The molecular weight excluding hydrogens is 451 g/mol. The zero-order valence-corrected chi connectivity index (χ0v) is 18.7. The number of carbonyl (C=O) groups excluding carboxylic acids is 1. The number of benzene rings is 3. The molecule has 34 heavy (non-hydrogen) atoms. The molecule has 3 aromatic carbocycles. The fourth-order valence-electron chi connectivity index (χ4n) is 2.48. The number of methoxy groups -OCH3 is 2. The molecule has 0 aromatic heterocycles. The Labute approximate surface area is 195 Å². The average Bonchev–Trinajstić information content (AvgIpc) is 2.85. The molecule has 0 atom stereocenters. The van der Waals surface area contributed by atoms with Crippen molar-refractivity contribution < 1.29 is 37.3 Å². The number of halogens is 3. The number of hydrogen-bond acceptors (Lipinski definition) is 5. The molecule has 0 saturated carbocycles. The van der Waals surface area contributed by atoms with Crippen LogP contribution in [0, 0.1) is 0 Å². The Bertz CT molecular complexity index is 1020. The number of nitrogens with two attached hydrogens (primary N) is 1. The molecule has 0 fully saturated rings. The van der Waals surface area contributed by atoms with E-state index in [-0.39, 0.29) is 11.1 Å². The summed E-state index contributed by atoms with van der Waals surface area (Å²) >= 11 is 0. The van der Waals surface area contributed by atoms with E-state index in [0.717, 1.165) is 24.3 Å². The highest BCUT2D eigenvalue weighted by molar-refractivity contribution is 5.87. The predicted molar refractivity (Wildman–Crippen MR) is 123 cm³/mol. The Morgan fingerprint density at radius 2 is 1.47 bits per heavy atom. The second-order valence-electron chi connectivity index (χ2n) is 6.66. The van der Waals surface area contributed by atoms with Gasteiger partial charge in [-0.1, -0.05) is 24.3 Å². The lowest BCUT2D eigenvalue weighted by Crippen LogP contribution is -2.04. The summed E-state index contributed by atoms with van der Waals surface area (Å²) in [4.78, 5) is 20.5. The van der Waals surface area contributed by atoms with Crippen molar-refractivity contribution in [2.75, 3.05) is 20.8 Å². The topological polar surface area (TPSA) is 98.8 Å². The lowest BCUT2D eigenvalue weighted by atomic mass is 10.1. The summed E-state index contributed by atoms with van der Waals surface area (Å²) in [6.45, 7) is 0.701. The van der Waals surface area contributed by atoms with Crippen LogP contribution >= 0.6 is 0 Å². The second kappa shape index (κ2) is 14.3. The van der Waals surface area contributed by atoms with Crippen LogP contribution in [0.15, 0.2) is 72.8 Å². The van der Waals surface area contributed by atoms with Crippen LogP contribution in [0.2, 0.25) is 0 Å². The molecule has 3 N–H and O–H groups in total. The van der Waals surface area contributed by atoms with Crippen LogP contribution in [0.4, 0.5) is 13.2 Å². The van der Waals surface area contributed by atoms with Gasteiger partial charge in [-0.15, -0.1) is 0 Å². The van der Waals surface area contributed by atoms with Crippen molar-refractivity contribution in [1.82, 2.24) is 0 Å². The summed E-state index contributed by atoms with van der Waals surface area (Å²) in [7, 11) is 3.20. The number of alkyl halides is 3. The van der Waals surface area contributed by atoms with Crippen molar-refractivity contribution in [3.05, 3.63) is 95.1 Å². The standard InChI is InChI=1S/C9H13NO.C8H5F3O.C8H8O3/c1-11-9-4-2-8(3-5-9)6-7-10;9-8(10,11)7-3-1-2-6(4-7)5-12;1-11-7-4-2-6(3-5-7)8(9)10/h2-5H,6-7,10H2,1H3;1-5H;2-5H,1H3,(H,9,10). The molecule has 0 saturated heterocycles. The summed E-state index contributed by atoms with van der Waals surface area (Å²) in [5, 5.41) is 8.51. The van der Waals surface area contributed by atoms with E-state index in [1.165, 1.54) is 36.9 Å². The molecular formula is C25H26F3NO5. The summed E-state index contributed by atoms with van der Waals surface area (Å²) in [5.41, 5.74) is 6.16. The van der Waals surface area contributed by atoms with Gasteiger partial charge in [-0.3, -0.25) is 4.79 Å². The number of aromatic carboxylic acids is 1. The van der Waals surface area contributed by atoms with E-state index in [2.05, 4.69) is 0 Å². The van der Waals surface area contributed by atoms with E-state index in [0.29, 0.717) is 18.6 Å². The quantitative estimate of drug-likeness (QED) is 0.479. The molecule has 0 radical (unpaired) electrons. The van der Waals surface area contributed by atoms with Crippen LogP contribution < -0.4 is 15.2 Å². The van der Waals surface area contributed by atoms with Crippen molar-refractivity contribution in [3.8, 4) is 11.5 Å². The molecule has 182 valence electrons. The molecule has 0 spiro atoms. The monoisotopic (exact) mass is 477 g/mol. The van der Waals surface area contributed by atoms with E-state index < -0.39 is 17.7 Å². The zero-order chi connectivity index (χ0) is 25.6. The third-order valence-corrected chi connectivity index (χ3v) is 4.28. The van der Waals surface area contributed by atoms with Crippen LogP contribution in [0.5, 0.6) is 11.5 Å². The van der Waals surface area contributed by atoms with Gasteiger partial charge in [0.05, 0.1) is 25.3 Å². The summed E-state index contributed by atoms with van der Waals surface area (Å²) in [6.07, 6.45) is -3.06. The van der Waals surface area contributed by atoms with Crippen molar-refractivity contribution in [2.45, 2.75) is 12.6 Å². The summed E-state index contributed by atoms with van der Waals surface area (Å²) in [5.74, 6) is 0.633. The van der Waals surface area contributed by atoms with Crippen LogP contribution in [0.1, 0.15) is 31.8 Å². The van der Waals surface area contributed by atoms with E-state index in [9.17, 15) is 22.8 Å². The maximum Gasteiger partial charge on any atom is 0.416 e. The van der Waals surface area contributed by atoms with E-state index in [1.807, 2.05) is 24.3 Å². The highest BCUT2D eigenvalue weighted by Crippen LogP contribution is 2.29. The number of carbonyl (C=O) groups is 2. The molecule has 6 nitrogen and oxygen atoms in total. The Balaban J connectivity index is 0.000000255. The third-order valence-electron chi connectivity index (χ3n) is 4.28. The maximum atomic E-state index is 12.0. The minimum Gasteiger partial charge on any atom is -0.497 e. The van der Waals surface area contributed by atoms with Gasteiger partial charge in [-0.2, -0.15) is 13.2 Å². The van der Waals surface area contributed by atoms with Gasteiger partial charge in [0.2, 0.25) is 0 Å². The molecule has 0 aliphatic carbocycles. The molecule has 0 heterocycles. The minimum absolute atomic E-state index is 0.0322. The Morgan fingerprint density at radius 1 is 0.941 bits per heavy atom. The molecule has 0 aliphatic rings. The first-order chi connectivity index (χ1) is 16.1. The number of rotatable bonds is 6. The first-order valence-electron chi connectivity index (χ1n) is 9.97. The summed E-state index contributed by atoms with van der Waals surface area (Å²) < 4.78 is 45.8. The van der Waals surface area contributed by atoms with Crippen molar-refractivity contribution >= 4 is 12.3 Å². The number of carboxylic acids is 1. The van der Waals surface area contributed by atoms with Crippen molar-refractivity contribution in [2.24, 2.45) is 5.73 Å². The number of ether oxygens (including phenoxy) is 2. The highest BCUT2D eigenvalue weighted by atomic mass is 19.4. The second-order valence-corrected chi connectivity index (χ2v) is 6.66. The molecule has 9 heteroatoms. The molecule has 0 aliphatic heterocycles. The van der Waals surface area contributed by atoms with Crippen LogP contribution in [-0.4, -0.2) is 38.1 Å². The summed E-state index contributed by atoms with van der Waals surface area (Å²) in [6, 6.07) is 18.5. The Kier molecular flexibility index (Phi) is 11.9. The molecule has 0 unspecified atom stereocenters. The van der Waals surface area contributed by atoms with Gasteiger partial charge < -0.3 is 20.3 Å². The van der Waals surface area contributed by atoms with Gasteiger partial charge in [-0.25, -0.2) is 4.79 Å². The predicted octanol–water partition coefficient (Wildman–Crippen LogP) is 5.11. The van der Waals surface area contributed by atoms with E-state index in [1.54, 1.807) is 19.2 Å². The number of aldehydes is 1. The Hall–Kier alpha value is -3.85. The lowest BCUT2D eigenvalue weighted by Gasteiger charge is -2.05. The number of carboxylic acid groups (broad SMARTS) is 1. The van der Waals surface area contributed by atoms with Gasteiger partial charge in [0.15, 0.2) is 0 Å². The first-order valence-corrected chi connectivity index (χ1v) is 9.97. The van der Waals surface area contributed by atoms with Crippen molar-refractivity contribution in [1.29, 1.82) is 0 Å². The lowest BCUT2D eigenvalue weighted by molar-refractivity contribution is -0.137. The first kappa shape index (κ1) is 28.2. The Morgan fingerprint density at radius 3 is 1.88 bits per heavy atom. The zero-order valence-electron chi connectivity index (χ0n) is 18.7. The molecule has 3 rings (SSSR count). The smallest absolute Gasteiger partial charge is 0.416 e. The minimum atomic E-state index is -4.38. The van der Waals surface area contributed by atoms with Crippen LogP contribution in [-0.2, 0) is 12.6 Å². The third kappa shape index (κ3) is 10.2. The van der Waals surface area contributed by atoms with E-state index in [4.69, 9.17) is 20.3 Å². The van der Waals surface area contributed by atoms with Crippen LogP contribution in [0.3, 0.4) is 0 Å². The highest BCUT2D eigenvalue weighted by Gasteiger charge is 2.30. The fraction of sp³-hybridized carbons (Fsp3) is 0.200.